The van der Waals surface area contributed by atoms with E-state index in [1.54, 1.807) is 6.07 Å². The number of carbonyl (C=O) groups is 1. The number of unbranched alkanes of at least 4 members (excludes halogenated alkanes) is 1. The summed E-state index contributed by atoms with van der Waals surface area (Å²) < 4.78 is 13.3. The Balaban J connectivity index is 2.22. The molecule has 0 spiro atoms. The highest BCUT2D eigenvalue weighted by Gasteiger charge is 2.01. The number of rotatable bonds is 7. The Morgan fingerprint density at radius 1 is 1.41 bits per heavy atom. The first-order valence-electron chi connectivity index (χ1n) is 5.83. The van der Waals surface area contributed by atoms with Crippen LogP contribution >= 0.6 is 0 Å². The van der Waals surface area contributed by atoms with Gasteiger partial charge in [-0.2, -0.15) is 0 Å². The normalized spacial score (nSPS) is 10.5. The largest absolute Gasteiger partial charge is 0.370 e. The lowest BCUT2D eigenvalue weighted by Crippen LogP contribution is -2.17. The van der Waals surface area contributed by atoms with Crippen molar-refractivity contribution in [3.05, 3.63) is 35.1 Å². The molecule has 94 valence electrons. The number of aryl methyl sites for hydroxylation is 1. The highest BCUT2D eigenvalue weighted by molar-refractivity contribution is 5.73. The molecule has 0 aromatic heterocycles. The van der Waals surface area contributed by atoms with Crippen LogP contribution in [0.3, 0.4) is 0 Å². The molecule has 4 heteroatoms. The fourth-order valence-corrected chi connectivity index (χ4v) is 1.61. The molecule has 0 unspecified atom stereocenters. The number of nitrogens with one attached hydrogen (secondary N) is 1. The molecule has 1 aromatic rings. The third-order valence-corrected chi connectivity index (χ3v) is 2.54. The Bertz CT molecular complexity index is 380. The molecule has 1 amide bonds. The monoisotopic (exact) mass is 238 g/mol. The molecular formula is C13H19FN2O. The molecule has 17 heavy (non-hydrogen) atoms. The van der Waals surface area contributed by atoms with Crippen LogP contribution in [0.25, 0.3) is 0 Å². The van der Waals surface area contributed by atoms with E-state index >= 15 is 0 Å². The molecule has 3 nitrogen and oxygen atoms in total. The molecule has 0 radical (unpaired) electrons. The molecule has 0 saturated heterocycles. The topological polar surface area (TPSA) is 55.1 Å². The van der Waals surface area contributed by atoms with Crippen molar-refractivity contribution in [2.24, 2.45) is 5.73 Å². The maximum atomic E-state index is 13.3. The van der Waals surface area contributed by atoms with Gasteiger partial charge in [0.1, 0.15) is 5.82 Å². The molecule has 0 fully saturated rings. The zero-order valence-corrected chi connectivity index (χ0v) is 10.1. The molecule has 0 saturated carbocycles. The molecule has 0 atom stereocenters. The van der Waals surface area contributed by atoms with Gasteiger partial charge >= 0.3 is 0 Å². The summed E-state index contributed by atoms with van der Waals surface area (Å²) in [6.07, 6.45) is 2.06. The number of benzene rings is 1. The van der Waals surface area contributed by atoms with Gasteiger partial charge < -0.3 is 11.1 Å². The van der Waals surface area contributed by atoms with E-state index in [0.717, 1.165) is 24.9 Å². The van der Waals surface area contributed by atoms with Gasteiger partial charge in [-0.3, -0.25) is 4.79 Å². The summed E-state index contributed by atoms with van der Waals surface area (Å²) in [7, 11) is 0. The van der Waals surface area contributed by atoms with E-state index in [4.69, 9.17) is 5.73 Å². The van der Waals surface area contributed by atoms with Crippen LogP contribution in [0.15, 0.2) is 18.2 Å². The highest BCUT2D eigenvalue weighted by atomic mass is 19.1. The second kappa shape index (κ2) is 7.01. The second-order valence-electron chi connectivity index (χ2n) is 4.20. The summed E-state index contributed by atoms with van der Waals surface area (Å²) in [4.78, 5) is 10.5. The first kappa shape index (κ1) is 13.6. The molecule has 0 aliphatic rings. The van der Waals surface area contributed by atoms with Crippen molar-refractivity contribution >= 4 is 5.91 Å². The van der Waals surface area contributed by atoms with E-state index in [1.165, 1.54) is 6.07 Å². The minimum Gasteiger partial charge on any atom is -0.370 e. The van der Waals surface area contributed by atoms with Crippen molar-refractivity contribution in [2.75, 3.05) is 6.54 Å². The van der Waals surface area contributed by atoms with E-state index in [2.05, 4.69) is 5.32 Å². The van der Waals surface area contributed by atoms with Crippen LogP contribution in [0.2, 0.25) is 0 Å². The van der Waals surface area contributed by atoms with E-state index in [0.29, 0.717) is 18.5 Å². The van der Waals surface area contributed by atoms with Gasteiger partial charge in [0.05, 0.1) is 0 Å². The van der Waals surface area contributed by atoms with Gasteiger partial charge in [-0.1, -0.05) is 17.7 Å². The van der Waals surface area contributed by atoms with Crippen LogP contribution in [0.4, 0.5) is 4.39 Å². The quantitative estimate of drug-likeness (QED) is 0.713. The minimum atomic E-state index is -0.269. The first-order valence-corrected chi connectivity index (χ1v) is 5.83. The number of hydrogen-bond donors (Lipinski definition) is 2. The molecule has 0 aliphatic heterocycles. The fraction of sp³-hybridized carbons (Fsp3) is 0.462. The first-order chi connectivity index (χ1) is 8.09. The van der Waals surface area contributed by atoms with Crippen molar-refractivity contribution in [1.82, 2.24) is 5.32 Å². The molecule has 0 bridgehead atoms. The van der Waals surface area contributed by atoms with Gasteiger partial charge in [-0.25, -0.2) is 4.39 Å². The summed E-state index contributed by atoms with van der Waals surface area (Å²) in [5.41, 5.74) is 6.76. The Kier molecular flexibility index (Phi) is 5.63. The third-order valence-electron chi connectivity index (χ3n) is 2.54. The van der Waals surface area contributed by atoms with Crippen molar-refractivity contribution < 1.29 is 9.18 Å². The van der Waals surface area contributed by atoms with Crippen LogP contribution < -0.4 is 11.1 Å². The second-order valence-corrected chi connectivity index (χ2v) is 4.20. The molecule has 3 N–H and O–H groups in total. The van der Waals surface area contributed by atoms with E-state index in [1.807, 2.05) is 13.0 Å². The standard InChI is InChI=1S/C13H19FN2O/c1-10-5-6-12(14)11(8-10)9-16-7-3-2-4-13(15)17/h5-6,8,16H,2-4,7,9H2,1H3,(H2,15,17). The third kappa shape index (κ3) is 5.45. The van der Waals surface area contributed by atoms with E-state index in [9.17, 15) is 9.18 Å². The number of halogens is 1. The summed E-state index contributed by atoms with van der Waals surface area (Å²) >= 11 is 0. The van der Waals surface area contributed by atoms with Crippen molar-refractivity contribution in [2.45, 2.75) is 32.7 Å². The number of hydrogen-bond acceptors (Lipinski definition) is 2. The zero-order valence-electron chi connectivity index (χ0n) is 10.1. The average Bonchev–Trinajstić information content (AvgIpc) is 2.27. The average molecular weight is 238 g/mol. The van der Waals surface area contributed by atoms with Crippen molar-refractivity contribution in [3.8, 4) is 0 Å². The zero-order chi connectivity index (χ0) is 12.7. The lowest BCUT2D eigenvalue weighted by molar-refractivity contribution is -0.118. The summed E-state index contributed by atoms with van der Waals surface area (Å²) in [6.45, 7) is 3.22. The lowest BCUT2D eigenvalue weighted by atomic mass is 10.1. The lowest BCUT2D eigenvalue weighted by Gasteiger charge is -2.06. The highest BCUT2D eigenvalue weighted by Crippen LogP contribution is 2.09. The Morgan fingerprint density at radius 2 is 2.18 bits per heavy atom. The molecule has 0 aliphatic carbocycles. The SMILES string of the molecule is Cc1ccc(F)c(CNCCCCC(N)=O)c1. The van der Waals surface area contributed by atoms with Gasteiger partial charge in [-0.05, 0) is 32.4 Å². The predicted octanol–water partition coefficient (Wildman–Crippen LogP) is 1.88. The van der Waals surface area contributed by atoms with Crippen LogP contribution in [-0.2, 0) is 11.3 Å². The molecule has 0 heterocycles. The van der Waals surface area contributed by atoms with Gasteiger partial charge in [0.15, 0.2) is 0 Å². The van der Waals surface area contributed by atoms with Gasteiger partial charge in [0.2, 0.25) is 5.91 Å². The number of amides is 1. The smallest absolute Gasteiger partial charge is 0.217 e. The summed E-state index contributed by atoms with van der Waals surface area (Å²) in [6, 6.07) is 5.08. The summed E-state index contributed by atoms with van der Waals surface area (Å²) in [5, 5.41) is 3.15. The van der Waals surface area contributed by atoms with Crippen molar-refractivity contribution in [3.63, 3.8) is 0 Å². The van der Waals surface area contributed by atoms with Crippen LogP contribution in [-0.4, -0.2) is 12.5 Å². The summed E-state index contributed by atoms with van der Waals surface area (Å²) in [5.74, 6) is -0.449. The fourth-order valence-electron chi connectivity index (χ4n) is 1.61. The number of primary amides is 1. The van der Waals surface area contributed by atoms with Crippen LogP contribution in [0, 0.1) is 12.7 Å². The van der Waals surface area contributed by atoms with Crippen LogP contribution in [0.1, 0.15) is 30.4 Å². The van der Waals surface area contributed by atoms with Crippen LogP contribution in [0.5, 0.6) is 0 Å². The van der Waals surface area contributed by atoms with Gasteiger partial charge in [0.25, 0.3) is 0 Å². The number of nitrogens with two attached hydrogens (primary N) is 1. The van der Waals surface area contributed by atoms with E-state index in [-0.39, 0.29) is 11.7 Å². The molecule has 1 rings (SSSR count). The maximum Gasteiger partial charge on any atom is 0.217 e. The van der Waals surface area contributed by atoms with Gasteiger partial charge in [-0.15, -0.1) is 0 Å². The Hall–Kier alpha value is -1.42. The molecular weight excluding hydrogens is 219 g/mol. The minimum absolute atomic E-state index is 0.180. The molecule has 1 aromatic carbocycles. The maximum absolute atomic E-state index is 13.3. The Labute approximate surface area is 101 Å². The van der Waals surface area contributed by atoms with Gasteiger partial charge in [0, 0.05) is 18.5 Å². The predicted molar refractivity (Wildman–Crippen MR) is 65.9 cm³/mol. The van der Waals surface area contributed by atoms with E-state index < -0.39 is 0 Å². The number of carbonyl (C=O) groups excluding carboxylic acids is 1. The van der Waals surface area contributed by atoms with Crippen molar-refractivity contribution in [1.29, 1.82) is 0 Å². The Morgan fingerprint density at radius 3 is 2.88 bits per heavy atom.